The lowest BCUT2D eigenvalue weighted by Gasteiger charge is -2.61. The zero-order valence-corrected chi connectivity index (χ0v) is 22.2. The highest BCUT2D eigenvalue weighted by Crippen LogP contribution is 2.72. The first-order valence-electron chi connectivity index (χ1n) is 13.8. The van der Waals surface area contributed by atoms with Crippen LogP contribution in [0.4, 0.5) is 0 Å². The molecule has 38 heavy (non-hydrogen) atoms. The van der Waals surface area contributed by atoms with Crippen molar-refractivity contribution < 1.29 is 14.9 Å². The number of rotatable bonds is 2. The van der Waals surface area contributed by atoms with E-state index in [1.165, 1.54) is 5.57 Å². The Balaban J connectivity index is 1.32. The molecule has 5 aliphatic rings. The molecule has 2 spiro atoms. The molecule has 7 nitrogen and oxygen atoms in total. The van der Waals surface area contributed by atoms with Gasteiger partial charge in [0.15, 0.2) is 0 Å². The summed E-state index contributed by atoms with van der Waals surface area (Å²) in [6.45, 7) is 2.32. The van der Waals surface area contributed by atoms with Gasteiger partial charge in [0.25, 0.3) is 0 Å². The molecule has 3 fully saturated rings. The van der Waals surface area contributed by atoms with Gasteiger partial charge in [-0.05, 0) is 91.6 Å². The Hall–Kier alpha value is -2.76. The number of fused-ring (bicyclic) bond motifs is 2. The zero-order chi connectivity index (χ0) is 26.7. The van der Waals surface area contributed by atoms with Crippen molar-refractivity contribution in [1.82, 2.24) is 9.88 Å². The predicted molar refractivity (Wildman–Crippen MR) is 144 cm³/mol. The van der Waals surface area contributed by atoms with Gasteiger partial charge in [-0.25, -0.2) is 0 Å². The third-order valence-electron chi connectivity index (χ3n) is 11.0. The second-order valence-electron chi connectivity index (χ2n) is 12.8. The first kappa shape index (κ1) is 24.3. The summed E-state index contributed by atoms with van der Waals surface area (Å²) in [6, 6.07) is 10.4. The van der Waals surface area contributed by atoms with Gasteiger partial charge in [0.05, 0.1) is 23.4 Å². The topological polar surface area (TPSA) is 110 Å². The Labute approximate surface area is 222 Å². The fourth-order valence-electron chi connectivity index (χ4n) is 9.02. The number of allylic oxidation sites excluding steroid dienone is 2. The average molecular weight is 514 g/mol. The molecule has 0 amide bonds. The summed E-state index contributed by atoms with van der Waals surface area (Å²) in [5, 5.41) is 34.9. The number of nitrogens with zero attached hydrogens (tertiary/aromatic N) is 2. The van der Waals surface area contributed by atoms with E-state index < -0.39 is 28.8 Å². The Morgan fingerprint density at radius 1 is 1.13 bits per heavy atom. The number of aromatic nitrogens is 1. The van der Waals surface area contributed by atoms with Gasteiger partial charge in [-0.1, -0.05) is 31.2 Å². The number of benzene rings is 1. The Morgan fingerprint density at radius 2 is 1.95 bits per heavy atom. The van der Waals surface area contributed by atoms with Crippen molar-refractivity contribution in [2.75, 3.05) is 14.1 Å². The van der Waals surface area contributed by atoms with E-state index in [0.29, 0.717) is 18.4 Å². The minimum absolute atomic E-state index is 0.111. The summed E-state index contributed by atoms with van der Waals surface area (Å²) in [5.41, 5.74) is 0.681. The Morgan fingerprint density at radius 3 is 2.71 bits per heavy atom. The second kappa shape index (κ2) is 7.67. The fourth-order valence-corrected chi connectivity index (χ4v) is 9.02. The zero-order valence-electron chi connectivity index (χ0n) is 22.2. The third kappa shape index (κ3) is 2.84. The van der Waals surface area contributed by atoms with E-state index in [1.807, 2.05) is 25.1 Å². The highest BCUT2D eigenvalue weighted by atomic mass is 16.5. The van der Waals surface area contributed by atoms with E-state index in [1.54, 1.807) is 12.3 Å². The smallest absolute Gasteiger partial charge is 0.248 e. The Bertz CT molecular complexity index is 1520. The minimum Gasteiger partial charge on any atom is -0.388 e. The number of ether oxygens (including phenoxy) is 1. The quantitative estimate of drug-likeness (QED) is 0.530. The van der Waals surface area contributed by atoms with Crippen molar-refractivity contribution >= 4 is 16.3 Å². The highest BCUT2D eigenvalue weighted by molar-refractivity contribution is 5.87. The number of hydrogen-bond acceptors (Lipinski definition) is 6. The molecule has 1 saturated heterocycles. The van der Waals surface area contributed by atoms with Crippen LogP contribution in [0.5, 0.6) is 0 Å². The van der Waals surface area contributed by atoms with Crippen LogP contribution in [0, 0.1) is 28.1 Å². The van der Waals surface area contributed by atoms with E-state index in [9.17, 15) is 20.3 Å². The molecule has 3 N–H and O–H groups in total. The SMILES string of the molecule is CN(C)[C@H]1C[C@@]23CC[C@]4(O2)C2CC=C(c5ccc6c[nH]c(=O)cc6c5)[C@@]2(C)CCC4(C#N)C=C3[C@@H](O)[C@@H]1O. The maximum absolute atomic E-state index is 12.0. The Kier molecular flexibility index (Phi) is 4.90. The standard InChI is InChI=1S/C31H35N3O4/c1-28-8-9-29(17-32)14-22-26(36)27(37)23(34(2)3)15-30(22)10-11-31(29,38-30)24(28)7-6-21(28)18-4-5-19-16-33-25(35)13-20(19)12-18/h4-6,12-14,16,23-24,26-27,36-37H,7-11,15H2,1-3H3,(H,33,35)/t23-,24?,26+,27+,28+,29?,30+,31-/m0/s1. The molecule has 2 aliphatic heterocycles. The van der Waals surface area contributed by atoms with Crippen LogP contribution in [0.1, 0.15) is 51.0 Å². The van der Waals surface area contributed by atoms with E-state index in [2.05, 4.69) is 42.3 Å². The monoisotopic (exact) mass is 513 g/mol. The molecule has 0 radical (unpaired) electrons. The van der Waals surface area contributed by atoms with Crippen molar-refractivity contribution in [3.05, 3.63) is 64.1 Å². The first-order chi connectivity index (χ1) is 18.1. The van der Waals surface area contributed by atoms with E-state index in [0.717, 1.165) is 42.0 Å². The van der Waals surface area contributed by atoms with E-state index in [-0.39, 0.29) is 22.9 Å². The largest absolute Gasteiger partial charge is 0.388 e. The van der Waals surface area contributed by atoms with Crippen molar-refractivity contribution in [1.29, 1.82) is 5.26 Å². The van der Waals surface area contributed by atoms with Crippen LogP contribution >= 0.6 is 0 Å². The van der Waals surface area contributed by atoms with Gasteiger partial charge in [-0.2, -0.15) is 5.26 Å². The molecule has 2 unspecified atom stereocenters. The molecule has 3 aliphatic carbocycles. The maximum atomic E-state index is 12.0. The minimum atomic E-state index is -1.04. The number of H-pyrrole nitrogens is 1. The van der Waals surface area contributed by atoms with Gasteiger partial charge >= 0.3 is 0 Å². The molecule has 2 saturated carbocycles. The van der Waals surface area contributed by atoms with Gasteiger partial charge in [-0.15, -0.1) is 0 Å². The van der Waals surface area contributed by atoms with Gasteiger partial charge in [0, 0.05) is 24.2 Å². The molecule has 198 valence electrons. The molecule has 3 heterocycles. The van der Waals surface area contributed by atoms with Crippen molar-refractivity contribution in [3.8, 4) is 6.07 Å². The summed E-state index contributed by atoms with van der Waals surface area (Å²) in [5.74, 6) is 0.118. The van der Waals surface area contributed by atoms with Crippen LogP contribution in [-0.2, 0) is 4.74 Å². The summed E-state index contributed by atoms with van der Waals surface area (Å²) in [6.07, 6.45) is 8.57. The molecular formula is C31H35N3O4. The number of nitriles is 1. The third-order valence-corrected chi connectivity index (χ3v) is 11.0. The van der Waals surface area contributed by atoms with Gasteiger partial charge < -0.3 is 24.8 Å². The number of likely N-dealkylation sites (N-methyl/N-ethyl adjacent to an activating group) is 1. The number of aliphatic hydroxyl groups is 2. The lowest BCUT2D eigenvalue weighted by molar-refractivity contribution is -0.223. The molecule has 7 heteroatoms. The maximum Gasteiger partial charge on any atom is 0.248 e. The first-order valence-corrected chi connectivity index (χ1v) is 13.8. The molecule has 2 aromatic rings. The molecule has 8 atom stereocenters. The van der Waals surface area contributed by atoms with E-state index in [4.69, 9.17) is 4.74 Å². The number of nitrogens with one attached hydrogen (secondary N) is 1. The lowest BCUT2D eigenvalue weighted by Crippen LogP contribution is -2.66. The summed E-state index contributed by atoms with van der Waals surface area (Å²) >= 11 is 0. The number of hydrogen-bond donors (Lipinski definition) is 3. The van der Waals surface area contributed by atoms with Crippen LogP contribution in [0.2, 0.25) is 0 Å². The highest BCUT2D eigenvalue weighted by Gasteiger charge is 2.74. The molecule has 7 rings (SSSR count). The van der Waals surface area contributed by atoms with Crippen LogP contribution in [-0.4, -0.2) is 63.6 Å². The summed E-state index contributed by atoms with van der Waals surface area (Å²) < 4.78 is 7.26. The average Bonchev–Trinajstić information content (AvgIpc) is 3.42. The lowest BCUT2D eigenvalue weighted by atomic mass is 9.49. The van der Waals surface area contributed by atoms with Crippen LogP contribution in [0.3, 0.4) is 0 Å². The van der Waals surface area contributed by atoms with Crippen molar-refractivity contribution in [2.24, 2.45) is 16.7 Å². The number of pyridine rings is 1. The molecule has 1 aromatic carbocycles. The van der Waals surface area contributed by atoms with Crippen LogP contribution in [0.25, 0.3) is 16.3 Å². The molecular weight excluding hydrogens is 478 g/mol. The van der Waals surface area contributed by atoms with Gasteiger partial charge in [0.2, 0.25) is 5.56 Å². The van der Waals surface area contributed by atoms with Gasteiger partial charge in [0.1, 0.15) is 11.5 Å². The van der Waals surface area contributed by atoms with E-state index >= 15 is 0 Å². The normalized spacial score (nSPS) is 43.2. The van der Waals surface area contributed by atoms with Gasteiger partial charge in [-0.3, -0.25) is 4.79 Å². The summed E-state index contributed by atoms with van der Waals surface area (Å²) in [4.78, 5) is 16.7. The summed E-state index contributed by atoms with van der Waals surface area (Å²) in [7, 11) is 3.86. The number of aromatic amines is 1. The predicted octanol–water partition coefficient (Wildman–Crippen LogP) is 3.53. The van der Waals surface area contributed by atoms with Crippen molar-refractivity contribution in [2.45, 2.75) is 74.9 Å². The molecule has 2 bridgehead atoms. The van der Waals surface area contributed by atoms with Crippen LogP contribution in [0.15, 0.2) is 53.0 Å². The fraction of sp³-hybridized carbons (Fsp3) is 0.548. The molecule has 1 aromatic heterocycles. The van der Waals surface area contributed by atoms with Crippen molar-refractivity contribution in [3.63, 3.8) is 0 Å². The van der Waals surface area contributed by atoms with Crippen LogP contribution < -0.4 is 5.56 Å². The second-order valence-corrected chi connectivity index (χ2v) is 12.8. The number of aliphatic hydroxyl groups excluding tert-OH is 2.